The number of rotatable bonds is 4. The second kappa shape index (κ2) is 6.46. The van der Waals surface area contributed by atoms with Crippen molar-refractivity contribution in [3.63, 3.8) is 0 Å². The van der Waals surface area contributed by atoms with Gasteiger partial charge in [0.15, 0.2) is 0 Å². The number of anilines is 3. The van der Waals surface area contributed by atoms with E-state index >= 15 is 0 Å². The first kappa shape index (κ1) is 15.8. The largest absolute Gasteiger partial charge is 0.373 e. The molecule has 0 aliphatic rings. The molecule has 1 aromatic carbocycles. The number of hydrogen-bond acceptors (Lipinski definition) is 5. The van der Waals surface area contributed by atoms with Crippen LogP contribution in [0.2, 0.25) is 10.0 Å². The molecule has 0 saturated heterocycles. The van der Waals surface area contributed by atoms with Crippen LogP contribution in [0.5, 0.6) is 0 Å². The van der Waals surface area contributed by atoms with E-state index in [-0.39, 0.29) is 16.5 Å². The van der Waals surface area contributed by atoms with Crippen molar-refractivity contribution in [2.45, 2.75) is 0 Å². The molecule has 1 aromatic heterocycles. The highest BCUT2D eigenvalue weighted by Crippen LogP contribution is 2.38. The lowest BCUT2D eigenvalue weighted by Gasteiger charge is -2.11. The molecule has 0 radical (unpaired) electrons. The zero-order valence-corrected chi connectivity index (χ0v) is 13.8. The minimum atomic E-state index is -0.525. The summed E-state index contributed by atoms with van der Waals surface area (Å²) in [6.45, 7) is 0. The number of hydrogen-bond donors (Lipinski definition) is 2. The number of halogens is 3. The molecule has 0 fully saturated rings. The van der Waals surface area contributed by atoms with Crippen LogP contribution >= 0.6 is 39.1 Å². The molecule has 0 bridgehead atoms. The summed E-state index contributed by atoms with van der Waals surface area (Å²) in [5.41, 5.74) is 0.262. The predicted molar refractivity (Wildman–Crippen MR) is 87.9 cm³/mol. The predicted octanol–water partition coefficient (Wildman–Crippen LogP) is 4.84. The molecule has 2 N–H and O–H groups in total. The Morgan fingerprint density at radius 3 is 2.57 bits per heavy atom. The van der Waals surface area contributed by atoms with Crippen LogP contribution < -0.4 is 10.6 Å². The van der Waals surface area contributed by atoms with Gasteiger partial charge in [-0.15, -0.1) is 0 Å². The van der Waals surface area contributed by atoms with Gasteiger partial charge < -0.3 is 10.6 Å². The summed E-state index contributed by atoms with van der Waals surface area (Å²) in [7, 11) is 1.67. The summed E-state index contributed by atoms with van der Waals surface area (Å²) in [6.07, 6.45) is 0. The van der Waals surface area contributed by atoms with E-state index in [2.05, 4.69) is 31.5 Å². The van der Waals surface area contributed by atoms with Gasteiger partial charge in [-0.3, -0.25) is 10.1 Å². The first-order valence-corrected chi connectivity index (χ1v) is 7.22. The van der Waals surface area contributed by atoms with E-state index in [1.807, 2.05) is 0 Å². The Kier molecular flexibility index (Phi) is 4.87. The molecule has 0 aliphatic heterocycles. The second-order valence-corrected chi connectivity index (χ2v) is 5.53. The van der Waals surface area contributed by atoms with E-state index in [1.165, 1.54) is 12.1 Å². The van der Waals surface area contributed by atoms with Crippen LogP contribution in [0.1, 0.15) is 0 Å². The lowest BCUT2D eigenvalue weighted by molar-refractivity contribution is -0.384. The van der Waals surface area contributed by atoms with Gasteiger partial charge in [-0.2, -0.15) is 0 Å². The monoisotopic (exact) mass is 390 g/mol. The molecule has 0 unspecified atom stereocenters. The Morgan fingerprint density at radius 1 is 1.24 bits per heavy atom. The van der Waals surface area contributed by atoms with Crippen molar-refractivity contribution in [2.24, 2.45) is 0 Å². The van der Waals surface area contributed by atoms with Crippen molar-refractivity contribution in [1.29, 1.82) is 0 Å². The van der Waals surface area contributed by atoms with Crippen LogP contribution in [0.15, 0.2) is 28.7 Å². The fourth-order valence-electron chi connectivity index (χ4n) is 1.58. The van der Waals surface area contributed by atoms with Crippen LogP contribution in [0.4, 0.5) is 23.0 Å². The molecule has 21 heavy (non-hydrogen) atoms. The van der Waals surface area contributed by atoms with Crippen molar-refractivity contribution in [3.8, 4) is 0 Å². The maximum absolute atomic E-state index is 11.1. The highest BCUT2D eigenvalue weighted by molar-refractivity contribution is 9.10. The van der Waals surface area contributed by atoms with E-state index in [0.717, 1.165) is 0 Å². The summed E-state index contributed by atoms with van der Waals surface area (Å²) in [4.78, 5) is 14.7. The van der Waals surface area contributed by atoms with Gasteiger partial charge in [-0.25, -0.2) is 4.98 Å². The normalized spacial score (nSPS) is 10.3. The highest BCUT2D eigenvalue weighted by atomic mass is 79.9. The van der Waals surface area contributed by atoms with E-state index in [0.29, 0.717) is 21.0 Å². The van der Waals surface area contributed by atoms with Crippen LogP contribution in [0.3, 0.4) is 0 Å². The molecule has 2 aromatic rings. The van der Waals surface area contributed by atoms with Gasteiger partial charge in [0.05, 0.1) is 20.7 Å². The Morgan fingerprint density at radius 2 is 1.95 bits per heavy atom. The molecule has 1 heterocycles. The number of nitrogens with zero attached hydrogens (tertiary/aromatic N) is 2. The first-order chi connectivity index (χ1) is 9.93. The summed E-state index contributed by atoms with van der Waals surface area (Å²) in [5.74, 6) is 0.564. The van der Waals surface area contributed by atoms with Gasteiger partial charge in [0.1, 0.15) is 5.82 Å². The summed E-state index contributed by atoms with van der Waals surface area (Å²) >= 11 is 15.4. The van der Waals surface area contributed by atoms with Gasteiger partial charge >= 0.3 is 5.69 Å². The van der Waals surface area contributed by atoms with Crippen LogP contribution in [-0.4, -0.2) is 17.0 Å². The molecule has 9 heteroatoms. The third-order valence-corrected chi connectivity index (χ3v) is 4.39. The highest BCUT2D eigenvalue weighted by Gasteiger charge is 2.18. The standard InChI is InChI=1S/C12H9BrCl2N4O2/c1-16-9-5-4-8(19(20)21)12(18-9)17-7-3-2-6(13)10(14)11(7)15/h2-5H,1H3,(H2,16,17,18). The number of aromatic nitrogens is 1. The number of nitro groups is 1. The molecule has 2 rings (SSSR count). The summed E-state index contributed by atoms with van der Waals surface area (Å²) < 4.78 is 0.631. The van der Waals surface area contributed by atoms with E-state index < -0.39 is 4.92 Å². The number of pyridine rings is 1. The Hall–Kier alpha value is -1.57. The van der Waals surface area contributed by atoms with Crippen LogP contribution in [-0.2, 0) is 0 Å². The number of nitrogens with one attached hydrogen (secondary N) is 2. The topological polar surface area (TPSA) is 80.1 Å². The first-order valence-electron chi connectivity index (χ1n) is 5.67. The Balaban J connectivity index is 2.48. The third-order valence-electron chi connectivity index (χ3n) is 2.62. The molecule has 6 nitrogen and oxygen atoms in total. The van der Waals surface area contributed by atoms with Crippen LogP contribution in [0, 0.1) is 10.1 Å². The fraction of sp³-hybridized carbons (Fsp3) is 0.0833. The molecule has 0 amide bonds. The van der Waals surface area contributed by atoms with E-state index in [4.69, 9.17) is 23.2 Å². The minimum absolute atomic E-state index is 0.0761. The average Bonchev–Trinajstić information content (AvgIpc) is 2.47. The van der Waals surface area contributed by atoms with Gasteiger partial charge in [0.2, 0.25) is 5.82 Å². The zero-order chi connectivity index (χ0) is 15.6. The second-order valence-electron chi connectivity index (χ2n) is 3.92. The lowest BCUT2D eigenvalue weighted by Crippen LogP contribution is -2.02. The Labute approximate surface area is 138 Å². The smallest absolute Gasteiger partial charge is 0.311 e. The summed E-state index contributed by atoms with van der Waals surface area (Å²) in [6, 6.07) is 6.20. The molecular weight excluding hydrogens is 383 g/mol. The average molecular weight is 392 g/mol. The van der Waals surface area contributed by atoms with Crippen LogP contribution in [0.25, 0.3) is 0 Å². The molecule has 0 aliphatic carbocycles. The zero-order valence-electron chi connectivity index (χ0n) is 10.7. The lowest BCUT2D eigenvalue weighted by atomic mass is 10.3. The quantitative estimate of drug-likeness (QED) is 0.442. The molecule has 0 saturated carbocycles. The molecular formula is C12H9BrCl2N4O2. The maximum atomic E-state index is 11.1. The SMILES string of the molecule is CNc1ccc([N+](=O)[O-])c(Nc2ccc(Br)c(Cl)c2Cl)n1. The van der Waals surface area contributed by atoms with Crippen molar-refractivity contribution in [2.75, 3.05) is 17.7 Å². The molecule has 0 spiro atoms. The van der Waals surface area contributed by atoms with Crippen molar-refractivity contribution in [1.82, 2.24) is 4.98 Å². The van der Waals surface area contributed by atoms with E-state index in [9.17, 15) is 10.1 Å². The maximum Gasteiger partial charge on any atom is 0.311 e. The Bertz CT molecular complexity index is 712. The van der Waals surface area contributed by atoms with Crippen molar-refractivity contribution >= 4 is 62.1 Å². The van der Waals surface area contributed by atoms with Crippen molar-refractivity contribution in [3.05, 3.63) is 48.9 Å². The molecule has 0 atom stereocenters. The van der Waals surface area contributed by atoms with Crippen molar-refractivity contribution < 1.29 is 4.92 Å². The van der Waals surface area contributed by atoms with Gasteiger partial charge in [0, 0.05) is 17.6 Å². The van der Waals surface area contributed by atoms with E-state index in [1.54, 1.807) is 19.2 Å². The fourth-order valence-corrected chi connectivity index (χ4v) is 2.40. The van der Waals surface area contributed by atoms with Gasteiger partial charge in [-0.05, 0) is 34.1 Å². The summed E-state index contributed by atoms with van der Waals surface area (Å²) in [5, 5.41) is 17.3. The van der Waals surface area contributed by atoms with Gasteiger partial charge in [0.25, 0.3) is 0 Å². The van der Waals surface area contributed by atoms with Gasteiger partial charge in [-0.1, -0.05) is 23.2 Å². The minimum Gasteiger partial charge on any atom is -0.373 e. The third kappa shape index (κ3) is 3.37. The number of benzene rings is 1. The molecule has 110 valence electrons.